The van der Waals surface area contributed by atoms with E-state index >= 15 is 0 Å². The molecule has 0 saturated carbocycles. The number of nitrogens with zero attached hydrogens (tertiary/aromatic N) is 1. The number of ether oxygens (including phenoxy) is 1. The number of carbonyl (C=O) groups excluding carboxylic acids is 1. The lowest BCUT2D eigenvalue weighted by atomic mass is 9.95. The van der Waals surface area contributed by atoms with Gasteiger partial charge in [0.05, 0.1) is 5.71 Å². The number of carbonyl (C=O) groups is 1. The number of benzene rings is 1. The molecule has 2 rings (SSSR count). The fourth-order valence-electron chi connectivity index (χ4n) is 2.11. The Morgan fingerprint density at radius 1 is 1.52 bits per heavy atom. The van der Waals surface area contributed by atoms with E-state index in [1.165, 1.54) is 0 Å². The third-order valence-corrected chi connectivity index (χ3v) is 3.67. The summed E-state index contributed by atoms with van der Waals surface area (Å²) in [6.45, 7) is 2.89. The zero-order chi connectivity index (χ0) is 15.3. The Morgan fingerprint density at radius 2 is 2.29 bits per heavy atom. The largest absolute Gasteiger partial charge is 0.385 e. The van der Waals surface area contributed by atoms with Crippen LogP contribution in [0.2, 0.25) is 5.02 Å². The van der Waals surface area contributed by atoms with E-state index in [1.54, 1.807) is 20.1 Å². The molecule has 21 heavy (non-hydrogen) atoms. The summed E-state index contributed by atoms with van der Waals surface area (Å²) in [6, 6.07) is 7.39. The smallest absolute Gasteiger partial charge is 0.267 e. The van der Waals surface area contributed by atoms with Crippen LogP contribution in [0, 0.1) is 0 Å². The lowest BCUT2D eigenvalue weighted by Gasteiger charge is -2.20. The molecule has 0 aromatic heterocycles. The van der Waals surface area contributed by atoms with E-state index in [-0.39, 0.29) is 5.91 Å². The van der Waals surface area contributed by atoms with E-state index in [4.69, 9.17) is 21.2 Å². The van der Waals surface area contributed by atoms with Gasteiger partial charge in [-0.2, -0.15) is 0 Å². The van der Waals surface area contributed by atoms with Crippen LogP contribution >= 0.6 is 11.6 Å². The molecule has 0 aliphatic carbocycles. The quantitative estimate of drug-likeness (QED) is 0.821. The third-order valence-electron chi connectivity index (χ3n) is 3.34. The van der Waals surface area contributed by atoms with Crippen molar-refractivity contribution in [2.24, 2.45) is 5.16 Å². The summed E-state index contributed by atoms with van der Waals surface area (Å²) >= 11 is 6.14. The minimum absolute atomic E-state index is 0.176. The summed E-state index contributed by atoms with van der Waals surface area (Å²) in [5, 5.41) is 7.47. The molecule has 1 N–H and O–H groups in total. The molecule has 0 radical (unpaired) electrons. The van der Waals surface area contributed by atoms with E-state index in [2.05, 4.69) is 10.5 Å². The van der Waals surface area contributed by atoms with E-state index in [0.29, 0.717) is 30.3 Å². The number of rotatable bonds is 6. The molecule has 1 aliphatic rings. The maximum atomic E-state index is 12.2. The average Bonchev–Trinajstić information content (AvgIpc) is 2.87. The Morgan fingerprint density at radius 3 is 3.00 bits per heavy atom. The van der Waals surface area contributed by atoms with Crippen LogP contribution in [0.5, 0.6) is 0 Å². The van der Waals surface area contributed by atoms with Crippen molar-refractivity contribution >= 4 is 23.2 Å². The highest BCUT2D eigenvalue weighted by atomic mass is 35.5. The van der Waals surface area contributed by atoms with Crippen LogP contribution in [0.15, 0.2) is 29.4 Å². The average molecular weight is 311 g/mol. The number of amides is 1. The molecule has 6 heteroatoms. The molecular formula is C15H19ClN2O3. The van der Waals surface area contributed by atoms with Crippen molar-refractivity contribution in [3.8, 4) is 0 Å². The first-order chi connectivity index (χ1) is 10.1. The second-order valence-corrected chi connectivity index (χ2v) is 5.53. The minimum atomic E-state index is -0.985. The molecule has 1 aliphatic heterocycles. The van der Waals surface area contributed by atoms with Gasteiger partial charge < -0.3 is 14.9 Å². The van der Waals surface area contributed by atoms with Crippen molar-refractivity contribution in [1.82, 2.24) is 5.32 Å². The maximum absolute atomic E-state index is 12.2. The zero-order valence-corrected chi connectivity index (χ0v) is 12.9. The van der Waals surface area contributed by atoms with Gasteiger partial charge in [0.25, 0.3) is 5.91 Å². The van der Waals surface area contributed by atoms with Crippen LogP contribution in [-0.4, -0.2) is 37.5 Å². The summed E-state index contributed by atoms with van der Waals surface area (Å²) in [7, 11) is 1.63. The third kappa shape index (κ3) is 3.74. The van der Waals surface area contributed by atoms with Crippen LogP contribution < -0.4 is 5.32 Å². The van der Waals surface area contributed by atoms with Crippen LogP contribution in [0.3, 0.4) is 0 Å². The highest BCUT2D eigenvalue weighted by Crippen LogP contribution is 2.29. The van der Waals surface area contributed by atoms with E-state index in [1.807, 2.05) is 18.2 Å². The Labute approximate surface area is 129 Å². The zero-order valence-electron chi connectivity index (χ0n) is 12.2. The molecular weight excluding hydrogens is 292 g/mol. The van der Waals surface area contributed by atoms with E-state index < -0.39 is 5.60 Å². The van der Waals surface area contributed by atoms with Crippen LogP contribution in [0.25, 0.3) is 0 Å². The number of hydrogen-bond donors (Lipinski definition) is 1. The topological polar surface area (TPSA) is 59.9 Å². The number of methoxy groups -OCH3 is 1. The van der Waals surface area contributed by atoms with Gasteiger partial charge in [-0.05, 0) is 19.4 Å². The van der Waals surface area contributed by atoms with Crippen molar-refractivity contribution in [1.29, 1.82) is 0 Å². The van der Waals surface area contributed by atoms with Crippen LogP contribution in [-0.2, 0) is 14.4 Å². The molecule has 5 nitrogen and oxygen atoms in total. The highest BCUT2D eigenvalue weighted by molar-refractivity contribution is 6.34. The SMILES string of the molecule is COCCCNC(=O)[C@@]1(C)CC(c2ccccc2Cl)=NO1. The van der Waals surface area contributed by atoms with Gasteiger partial charge in [0.2, 0.25) is 5.60 Å². The van der Waals surface area contributed by atoms with E-state index in [0.717, 1.165) is 12.0 Å². The van der Waals surface area contributed by atoms with Crippen LogP contribution in [0.1, 0.15) is 25.3 Å². The van der Waals surface area contributed by atoms with Gasteiger partial charge >= 0.3 is 0 Å². The molecule has 1 heterocycles. The normalized spacial score (nSPS) is 20.8. The number of nitrogens with one attached hydrogen (secondary N) is 1. The Kier molecular flexibility index (Phi) is 5.20. The fraction of sp³-hybridized carbons (Fsp3) is 0.467. The maximum Gasteiger partial charge on any atom is 0.267 e. The van der Waals surface area contributed by atoms with Gasteiger partial charge in [-0.1, -0.05) is 35.0 Å². The lowest BCUT2D eigenvalue weighted by molar-refractivity contribution is -0.141. The molecule has 1 aromatic rings. The molecule has 1 aromatic carbocycles. The van der Waals surface area contributed by atoms with Gasteiger partial charge in [0.15, 0.2) is 0 Å². The standard InChI is InChI=1S/C15H19ClN2O3/c1-15(14(19)17-8-5-9-20-2)10-13(18-21-15)11-6-3-4-7-12(11)16/h3-4,6-7H,5,8-10H2,1-2H3,(H,17,19)/t15-/m1/s1. The van der Waals surface area contributed by atoms with Crippen molar-refractivity contribution in [2.45, 2.75) is 25.4 Å². The number of halogens is 1. The Balaban J connectivity index is 1.96. The molecule has 114 valence electrons. The first-order valence-electron chi connectivity index (χ1n) is 6.84. The molecule has 1 atom stereocenters. The molecule has 0 bridgehead atoms. The van der Waals surface area contributed by atoms with Crippen molar-refractivity contribution < 1.29 is 14.4 Å². The number of hydrogen-bond acceptors (Lipinski definition) is 4. The predicted molar refractivity (Wildman–Crippen MR) is 81.6 cm³/mol. The summed E-state index contributed by atoms with van der Waals surface area (Å²) < 4.78 is 4.94. The molecule has 1 amide bonds. The van der Waals surface area contributed by atoms with E-state index in [9.17, 15) is 4.79 Å². The van der Waals surface area contributed by atoms with Crippen molar-refractivity contribution in [3.05, 3.63) is 34.9 Å². The summed E-state index contributed by atoms with van der Waals surface area (Å²) in [6.07, 6.45) is 1.16. The van der Waals surface area contributed by atoms with Crippen molar-refractivity contribution in [2.75, 3.05) is 20.3 Å². The Hall–Kier alpha value is -1.59. The second kappa shape index (κ2) is 6.91. The summed E-state index contributed by atoms with van der Waals surface area (Å²) in [5.74, 6) is -0.176. The minimum Gasteiger partial charge on any atom is -0.385 e. The van der Waals surface area contributed by atoms with Gasteiger partial charge in [0, 0.05) is 37.3 Å². The highest BCUT2D eigenvalue weighted by Gasteiger charge is 2.42. The fourth-order valence-corrected chi connectivity index (χ4v) is 2.35. The van der Waals surface area contributed by atoms with Crippen LogP contribution in [0.4, 0.5) is 0 Å². The van der Waals surface area contributed by atoms with Gasteiger partial charge in [-0.3, -0.25) is 4.79 Å². The summed E-state index contributed by atoms with van der Waals surface area (Å²) in [5.41, 5.74) is 0.506. The molecule has 0 unspecified atom stereocenters. The summed E-state index contributed by atoms with van der Waals surface area (Å²) in [4.78, 5) is 17.6. The second-order valence-electron chi connectivity index (χ2n) is 5.12. The van der Waals surface area contributed by atoms with Gasteiger partial charge in [0.1, 0.15) is 0 Å². The molecule has 0 spiro atoms. The Bertz CT molecular complexity index is 547. The molecule has 0 saturated heterocycles. The van der Waals surface area contributed by atoms with Gasteiger partial charge in [-0.15, -0.1) is 0 Å². The first kappa shape index (κ1) is 15.8. The first-order valence-corrected chi connectivity index (χ1v) is 7.22. The van der Waals surface area contributed by atoms with Gasteiger partial charge in [-0.25, -0.2) is 0 Å². The predicted octanol–water partition coefficient (Wildman–Crippen LogP) is 2.38. The molecule has 0 fully saturated rings. The monoisotopic (exact) mass is 310 g/mol. The lowest BCUT2D eigenvalue weighted by Crippen LogP contribution is -2.45. The van der Waals surface area contributed by atoms with Crippen molar-refractivity contribution in [3.63, 3.8) is 0 Å². The number of oxime groups is 1.